The Labute approximate surface area is 73.4 Å². The van der Waals surface area contributed by atoms with Crippen LogP contribution in [0.2, 0.25) is 0 Å². The fourth-order valence-corrected chi connectivity index (χ4v) is 1.16. The predicted molar refractivity (Wildman–Crippen MR) is 42.8 cm³/mol. The Bertz CT molecular complexity index is 304. The molecule has 6 heteroatoms. The van der Waals surface area contributed by atoms with Gasteiger partial charge in [0.25, 0.3) is 0 Å². The molecule has 0 saturated carbocycles. The van der Waals surface area contributed by atoms with Crippen molar-refractivity contribution >= 4 is 12.2 Å². The summed E-state index contributed by atoms with van der Waals surface area (Å²) in [5, 5.41) is 6.33. The normalized spacial score (nSPS) is 11.0. The molecule has 12 heavy (non-hydrogen) atoms. The molecule has 0 bridgehead atoms. The summed E-state index contributed by atoms with van der Waals surface area (Å²) < 4.78 is 25.6. The fraction of sp³-hybridized carbons (Fsp3) is 0.667. The molecule has 1 N–H and O–H groups in total. The molecule has 0 aliphatic heterocycles. The molecule has 0 aliphatic carbocycles. The minimum atomic E-state index is -2.29. The van der Waals surface area contributed by atoms with Gasteiger partial charge in [0, 0.05) is 13.0 Å². The summed E-state index contributed by atoms with van der Waals surface area (Å²) in [6.07, 6.45) is -2.48. The Kier molecular flexibility index (Phi) is 2.91. The van der Waals surface area contributed by atoms with E-state index in [0.717, 1.165) is 0 Å². The van der Waals surface area contributed by atoms with Crippen LogP contribution in [0.5, 0.6) is 0 Å². The first kappa shape index (κ1) is 9.31. The summed E-state index contributed by atoms with van der Waals surface area (Å²) in [7, 11) is 0. The molecule has 0 atom stereocenters. The SMILES string of the molecule is Cc1n[nH]c(=S)n1CCC(F)F. The number of rotatable bonds is 3. The van der Waals surface area contributed by atoms with E-state index in [9.17, 15) is 8.78 Å². The number of alkyl halides is 2. The van der Waals surface area contributed by atoms with Crippen molar-refractivity contribution in [3.05, 3.63) is 10.6 Å². The Hall–Kier alpha value is -0.780. The Morgan fingerprint density at radius 1 is 1.67 bits per heavy atom. The van der Waals surface area contributed by atoms with Crippen LogP contribution in [0.3, 0.4) is 0 Å². The van der Waals surface area contributed by atoms with Crippen molar-refractivity contribution in [2.45, 2.75) is 26.3 Å². The van der Waals surface area contributed by atoms with E-state index in [0.29, 0.717) is 10.6 Å². The third-order valence-electron chi connectivity index (χ3n) is 1.52. The van der Waals surface area contributed by atoms with Crippen molar-refractivity contribution in [1.82, 2.24) is 14.8 Å². The van der Waals surface area contributed by atoms with Gasteiger partial charge in [0.05, 0.1) is 0 Å². The predicted octanol–water partition coefficient (Wildman–Crippen LogP) is 1.90. The lowest BCUT2D eigenvalue weighted by atomic mass is 10.4. The van der Waals surface area contributed by atoms with Gasteiger partial charge in [0.15, 0.2) is 4.77 Å². The lowest BCUT2D eigenvalue weighted by molar-refractivity contribution is 0.131. The molecule has 0 fully saturated rings. The van der Waals surface area contributed by atoms with Crippen LogP contribution in [0, 0.1) is 11.7 Å². The van der Waals surface area contributed by atoms with Crippen LogP contribution in [-0.4, -0.2) is 21.2 Å². The molecule has 0 amide bonds. The molecule has 1 heterocycles. The van der Waals surface area contributed by atoms with Gasteiger partial charge in [-0.2, -0.15) is 5.10 Å². The van der Waals surface area contributed by atoms with Gasteiger partial charge in [0.2, 0.25) is 6.43 Å². The zero-order valence-corrected chi connectivity index (χ0v) is 7.37. The van der Waals surface area contributed by atoms with Crippen LogP contribution < -0.4 is 0 Å². The molecule has 0 unspecified atom stereocenters. The van der Waals surface area contributed by atoms with E-state index in [4.69, 9.17) is 12.2 Å². The summed E-state index contributed by atoms with van der Waals surface area (Å²) in [6.45, 7) is 1.94. The zero-order valence-electron chi connectivity index (χ0n) is 6.55. The summed E-state index contributed by atoms with van der Waals surface area (Å²) in [5.41, 5.74) is 0. The quantitative estimate of drug-likeness (QED) is 0.744. The monoisotopic (exact) mass is 193 g/mol. The maximum Gasteiger partial charge on any atom is 0.240 e. The van der Waals surface area contributed by atoms with Gasteiger partial charge in [-0.25, -0.2) is 8.78 Å². The van der Waals surface area contributed by atoms with Gasteiger partial charge in [-0.05, 0) is 19.1 Å². The van der Waals surface area contributed by atoms with Crippen molar-refractivity contribution in [2.24, 2.45) is 0 Å². The number of nitrogens with one attached hydrogen (secondary N) is 1. The van der Waals surface area contributed by atoms with E-state index in [1.165, 1.54) is 0 Å². The van der Waals surface area contributed by atoms with E-state index in [2.05, 4.69) is 10.2 Å². The molecule has 1 aromatic rings. The number of halogens is 2. The largest absolute Gasteiger partial charge is 0.304 e. The molecule has 68 valence electrons. The second-order valence-electron chi connectivity index (χ2n) is 2.41. The van der Waals surface area contributed by atoms with E-state index in [-0.39, 0.29) is 13.0 Å². The van der Waals surface area contributed by atoms with Gasteiger partial charge < -0.3 is 4.57 Å². The average molecular weight is 193 g/mol. The first-order chi connectivity index (χ1) is 5.61. The molecule has 0 spiro atoms. The average Bonchev–Trinajstić information content (AvgIpc) is 2.28. The minimum Gasteiger partial charge on any atom is -0.304 e. The highest BCUT2D eigenvalue weighted by atomic mass is 32.1. The van der Waals surface area contributed by atoms with E-state index in [1.54, 1.807) is 11.5 Å². The number of aromatic amines is 1. The number of aromatic nitrogens is 3. The topological polar surface area (TPSA) is 33.6 Å². The second kappa shape index (κ2) is 3.75. The standard InChI is InChI=1S/C6H9F2N3S/c1-4-9-10-6(12)11(4)3-2-5(7)8/h5H,2-3H2,1H3,(H,10,12). The number of hydrogen-bond donors (Lipinski definition) is 1. The van der Waals surface area contributed by atoms with Crippen molar-refractivity contribution < 1.29 is 8.78 Å². The Morgan fingerprint density at radius 2 is 2.33 bits per heavy atom. The van der Waals surface area contributed by atoms with Crippen LogP contribution in [-0.2, 0) is 6.54 Å². The maximum absolute atomic E-state index is 11.8. The van der Waals surface area contributed by atoms with Crippen LogP contribution in [0.15, 0.2) is 0 Å². The minimum absolute atomic E-state index is 0.186. The molecule has 3 nitrogen and oxygen atoms in total. The van der Waals surface area contributed by atoms with E-state index >= 15 is 0 Å². The van der Waals surface area contributed by atoms with Crippen LogP contribution in [0.25, 0.3) is 0 Å². The molecular formula is C6H9F2N3S. The van der Waals surface area contributed by atoms with Crippen molar-refractivity contribution in [3.8, 4) is 0 Å². The molecule has 1 rings (SSSR count). The number of H-pyrrole nitrogens is 1. The van der Waals surface area contributed by atoms with Crippen LogP contribution in [0.4, 0.5) is 8.78 Å². The third-order valence-corrected chi connectivity index (χ3v) is 1.83. The number of nitrogens with zero attached hydrogens (tertiary/aromatic N) is 2. The molecule has 1 aromatic heterocycles. The highest BCUT2D eigenvalue weighted by molar-refractivity contribution is 7.71. The maximum atomic E-state index is 11.8. The third kappa shape index (κ3) is 2.10. The van der Waals surface area contributed by atoms with Gasteiger partial charge in [-0.1, -0.05) is 0 Å². The first-order valence-electron chi connectivity index (χ1n) is 3.51. The molecule has 0 radical (unpaired) electrons. The van der Waals surface area contributed by atoms with Gasteiger partial charge in [-0.15, -0.1) is 0 Å². The Balaban J connectivity index is 2.68. The fourth-order valence-electron chi connectivity index (χ4n) is 0.886. The zero-order chi connectivity index (χ0) is 9.14. The first-order valence-corrected chi connectivity index (χ1v) is 3.92. The smallest absolute Gasteiger partial charge is 0.240 e. The van der Waals surface area contributed by atoms with Crippen LogP contribution >= 0.6 is 12.2 Å². The molecule has 0 aliphatic rings. The molecule has 0 saturated heterocycles. The van der Waals surface area contributed by atoms with E-state index < -0.39 is 6.43 Å². The Morgan fingerprint density at radius 3 is 2.75 bits per heavy atom. The molecular weight excluding hydrogens is 184 g/mol. The van der Waals surface area contributed by atoms with Crippen molar-refractivity contribution in [2.75, 3.05) is 0 Å². The summed E-state index contributed by atoms with van der Waals surface area (Å²) in [6, 6.07) is 0. The second-order valence-corrected chi connectivity index (χ2v) is 2.79. The summed E-state index contributed by atoms with van der Waals surface area (Å²) in [5.74, 6) is 0.639. The van der Waals surface area contributed by atoms with E-state index in [1.807, 2.05) is 0 Å². The van der Waals surface area contributed by atoms with Gasteiger partial charge >= 0.3 is 0 Å². The van der Waals surface area contributed by atoms with Crippen molar-refractivity contribution in [3.63, 3.8) is 0 Å². The number of hydrogen-bond acceptors (Lipinski definition) is 2. The van der Waals surface area contributed by atoms with Gasteiger partial charge in [0.1, 0.15) is 5.82 Å². The lowest BCUT2D eigenvalue weighted by Gasteiger charge is -2.01. The van der Waals surface area contributed by atoms with Crippen LogP contribution in [0.1, 0.15) is 12.2 Å². The van der Waals surface area contributed by atoms with Crippen molar-refractivity contribution in [1.29, 1.82) is 0 Å². The lowest BCUT2D eigenvalue weighted by Crippen LogP contribution is -2.04. The summed E-state index contributed by atoms with van der Waals surface area (Å²) in [4.78, 5) is 0. The number of aryl methyl sites for hydroxylation is 1. The highest BCUT2D eigenvalue weighted by Gasteiger charge is 2.05. The highest BCUT2D eigenvalue weighted by Crippen LogP contribution is 2.04. The van der Waals surface area contributed by atoms with Gasteiger partial charge in [-0.3, -0.25) is 5.10 Å². The summed E-state index contributed by atoms with van der Waals surface area (Å²) >= 11 is 4.82. The molecule has 0 aromatic carbocycles.